The van der Waals surface area contributed by atoms with Gasteiger partial charge in [0.05, 0.1) is 11.5 Å². The van der Waals surface area contributed by atoms with Gasteiger partial charge in [-0.2, -0.15) is 0 Å². The van der Waals surface area contributed by atoms with Crippen LogP contribution < -0.4 is 14.8 Å². The SMILES string of the molecule is CCOc1cc(/C=C2/SC(=S)NC2=O)ccc1OCC(=O)O. The molecule has 1 amide bonds. The third kappa shape index (κ3) is 4.22. The quantitative estimate of drug-likeness (QED) is 0.606. The van der Waals surface area contributed by atoms with Crippen LogP contribution in [0.25, 0.3) is 6.08 Å². The zero-order valence-corrected chi connectivity index (χ0v) is 13.3. The first-order valence-corrected chi connectivity index (χ1v) is 7.58. The summed E-state index contributed by atoms with van der Waals surface area (Å²) in [5, 5.41) is 11.2. The van der Waals surface area contributed by atoms with Gasteiger partial charge in [0.15, 0.2) is 18.1 Å². The molecule has 0 radical (unpaired) electrons. The lowest BCUT2D eigenvalue weighted by molar-refractivity contribution is -0.139. The van der Waals surface area contributed by atoms with Crippen LogP contribution in [0.15, 0.2) is 23.1 Å². The second kappa shape index (κ2) is 7.28. The summed E-state index contributed by atoms with van der Waals surface area (Å²) in [5.41, 5.74) is 0.730. The molecular weight excluding hydrogens is 326 g/mol. The van der Waals surface area contributed by atoms with Crippen molar-refractivity contribution in [1.82, 2.24) is 5.32 Å². The fourth-order valence-corrected chi connectivity index (χ4v) is 2.76. The van der Waals surface area contributed by atoms with Gasteiger partial charge in [0.25, 0.3) is 5.91 Å². The molecule has 1 aliphatic rings. The molecule has 0 saturated carbocycles. The van der Waals surface area contributed by atoms with Crippen LogP contribution in [0.2, 0.25) is 0 Å². The molecule has 1 aromatic carbocycles. The van der Waals surface area contributed by atoms with Crippen LogP contribution in [0.3, 0.4) is 0 Å². The van der Waals surface area contributed by atoms with Gasteiger partial charge in [0, 0.05) is 0 Å². The molecule has 1 fully saturated rings. The number of benzene rings is 1. The van der Waals surface area contributed by atoms with Crippen molar-refractivity contribution in [2.45, 2.75) is 6.92 Å². The number of carboxylic acids is 1. The van der Waals surface area contributed by atoms with Gasteiger partial charge in [-0.1, -0.05) is 30.0 Å². The molecule has 8 heteroatoms. The Morgan fingerprint density at radius 1 is 1.41 bits per heavy atom. The van der Waals surface area contributed by atoms with E-state index >= 15 is 0 Å². The summed E-state index contributed by atoms with van der Waals surface area (Å²) in [6.45, 7) is 1.76. The first-order chi connectivity index (χ1) is 10.5. The zero-order valence-electron chi connectivity index (χ0n) is 11.6. The molecule has 2 rings (SSSR count). The number of rotatable bonds is 6. The maximum absolute atomic E-state index is 11.6. The van der Waals surface area contributed by atoms with E-state index in [-0.39, 0.29) is 5.91 Å². The van der Waals surface area contributed by atoms with Crippen molar-refractivity contribution in [2.24, 2.45) is 0 Å². The topological polar surface area (TPSA) is 84.9 Å². The summed E-state index contributed by atoms with van der Waals surface area (Å²) in [5.74, 6) is -0.546. The number of carboxylic acid groups (broad SMARTS) is 1. The fraction of sp³-hybridized carbons (Fsp3) is 0.214. The van der Waals surface area contributed by atoms with E-state index in [1.165, 1.54) is 11.8 Å². The normalized spacial score (nSPS) is 15.8. The Morgan fingerprint density at radius 3 is 2.77 bits per heavy atom. The van der Waals surface area contributed by atoms with Crippen LogP contribution in [0.5, 0.6) is 11.5 Å². The molecular formula is C14H13NO5S2. The molecule has 22 heavy (non-hydrogen) atoms. The molecule has 1 heterocycles. The zero-order chi connectivity index (χ0) is 16.1. The van der Waals surface area contributed by atoms with Crippen LogP contribution in [0, 0.1) is 0 Å². The molecule has 116 valence electrons. The van der Waals surface area contributed by atoms with E-state index in [1.54, 1.807) is 24.3 Å². The highest BCUT2D eigenvalue weighted by molar-refractivity contribution is 8.26. The summed E-state index contributed by atoms with van der Waals surface area (Å²) in [4.78, 5) is 22.7. The number of thioether (sulfide) groups is 1. The summed E-state index contributed by atoms with van der Waals surface area (Å²) in [7, 11) is 0. The maximum atomic E-state index is 11.6. The highest BCUT2D eigenvalue weighted by Crippen LogP contribution is 2.31. The molecule has 0 atom stereocenters. The van der Waals surface area contributed by atoms with Crippen molar-refractivity contribution in [3.8, 4) is 11.5 Å². The number of ether oxygens (including phenoxy) is 2. The predicted molar refractivity (Wildman–Crippen MR) is 87.1 cm³/mol. The summed E-state index contributed by atoms with van der Waals surface area (Å²) in [6, 6.07) is 5.00. The van der Waals surface area contributed by atoms with E-state index in [1.807, 2.05) is 6.92 Å². The number of hydrogen-bond donors (Lipinski definition) is 2. The Hall–Kier alpha value is -2.06. The van der Waals surface area contributed by atoms with E-state index in [4.69, 9.17) is 26.8 Å². The van der Waals surface area contributed by atoms with Gasteiger partial charge >= 0.3 is 5.97 Å². The lowest BCUT2D eigenvalue weighted by Gasteiger charge is -2.11. The van der Waals surface area contributed by atoms with Crippen LogP contribution in [0.1, 0.15) is 12.5 Å². The van der Waals surface area contributed by atoms with Crippen molar-refractivity contribution in [1.29, 1.82) is 0 Å². The van der Waals surface area contributed by atoms with Crippen molar-refractivity contribution in [3.63, 3.8) is 0 Å². The minimum Gasteiger partial charge on any atom is -0.490 e. The molecule has 0 aliphatic carbocycles. The van der Waals surface area contributed by atoms with Crippen LogP contribution in [-0.4, -0.2) is 34.5 Å². The summed E-state index contributed by atoms with van der Waals surface area (Å²) in [6.07, 6.45) is 1.68. The number of carbonyl (C=O) groups excluding carboxylic acids is 1. The smallest absolute Gasteiger partial charge is 0.341 e. The van der Waals surface area contributed by atoms with E-state index in [0.717, 1.165) is 5.56 Å². The number of thiocarbonyl (C=S) groups is 1. The Kier molecular flexibility index (Phi) is 5.40. The lowest BCUT2D eigenvalue weighted by atomic mass is 10.2. The third-order valence-electron chi connectivity index (χ3n) is 2.56. The summed E-state index contributed by atoms with van der Waals surface area (Å²) >= 11 is 6.11. The van der Waals surface area contributed by atoms with Gasteiger partial charge in [-0.25, -0.2) is 4.79 Å². The molecule has 1 aromatic rings. The average molecular weight is 339 g/mol. The fourth-order valence-electron chi connectivity index (χ4n) is 1.71. The second-order valence-corrected chi connectivity index (χ2v) is 5.89. The maximum Gasteiger partial charge on any atom is 0.341 e. The first-order valence-electron chi connectivity index (χ1n) is 6.36. The number of aliphatic carboxylic acids is 1. The minimum atomic E-state index is -1.07. The number of carbonyl (C=O) groups is 2. The van der Waals surface area contributed by atoms with Crippen LogP contribution in [-0.2, 0) is 9.59 Å². The van der Waals surface area contributed by atoms with Gasteiger partial charge in [0.1, 0.15) is 4.32 Å². The van der Waals surface area contributed by atoms with Crippen LogP contribution >= 0.6 is 24.0 Å². The van der Waals surface area contributed by atoms with Crippen LogP contribution in [0.4, 0.5) is 0 Å². The van der Waals surface area contributed by atoms with E-state index in [9.17, 15) is 9.59 Å². The second-order valence-electron chi connectivity index (χ2n) is 4.17. The van der Waals surface area contributed by atoms with Crippen molar-refractivity contribution in [2.75, 3.05) is 13.2 Å². The van der Waals surface area contributed by atoms with Crippen molar-refractivity contribution in [3.05, 3.63) is 28.7 Å². The first kappa shape index (κ1) is 16.3. The van der Waals surface area contributed by atoms with Gasteiger partial charge < -0.3 is 19.9 Å². The van der Waals surface area contributed by atoms with E-state index in [0.29, 0.717) is 27.3 Å². The van der Waals surface area contributed by atoms with Crippen molar-refractivity contribution < 1.29 is 24.2 Å². The molecule has 0 bridgehead atoms. The molecule has 2 N–H and O–H groups in total. The van der Waals surface area contributed by atoms with Gasteiger partial charge in [-0.05, 0) is 30.7 Å². The monoisotopic (exact) mass is 339 g/mol. The predicted octanol–water partition coefficient (Wildman–Crippen LogP) is 2.04. The Labute approximate surface area is 136 Å². The van der Waals surface area contributed by atoms with Crippen molar-refractivity contribution >= 4 is 46.3 Å². The molecule has 0 aromatic heterocycles. The van der Waals surface area contributed by atoms with E-state index in [2.05, 4.69) is 5.32 Å². The molecule has 1 saturated heterocycles. The van der Waals surface area contributed by atoms with E-state index < -0.39 is 12.6 Å². The highest BCUT2D eigenvalue weighted by atomic mass is 32.2. The molecule has 6 nitrogen and oxygen atoms in total. The average Bonchev–Trinajstić information content (AvgIpc) is 2.76. The number of amides is 1. The van der Waals surface area contributed by atoms with Gasteiger partial charge in [-0.3, -0.25) is 4.79 Å². The lowest BCUT2D eigenvalue weighted by Crippen LogP contribution is -2.17. The van der Waals surface area contributed by atoms with Gasteiger partial charge in [-0.15, -0.1) is 0 Å². The number of nitrogens with one attached hydrogen (secondary N) is 1. The molecule has 1 aliphatic heterocycles. The van der Waals surface area contributed by atoms with Gasteiger partial charge in [0.2, 0.25) is 0 Å². The Balaban J connectivity index is 2.25. The molecule has 0 unspecified atom stereocenters. The Bertz CT molecular complexity index is 657. The molecule has 0 spiro atoms. The minimum absolute atomic E-state index is 0.237. The largest absolute Gasteiger partial charge is 0.490 e. The highest BCUT2D eigenvalue weighted by Gasteiger charge is 2.22. The third-order valence-corrected chi connectivity index (χ3v) is 3.72. The summed E-state index contributed by atoms with van der Waals surface area (Å²) < 4.78 is 11.0. The number of hydrogen-bond acceptors (Lipinski definition) is 6. The Morgan fingerprint density at radius 2 is 2.18 bits per heavy atom. The standard InChI is InChI=1S/C14H13NO5S2/c1-2-19-10-5-8(3-4-9(10)20-7-12(16)17)6-11-13(18)15-14(21)22-11/h3-6H,2,7H2,1H3,(H,16,17)(H,15,18,21)/b11-6+.